The largest absolute Gasteiger partial charge is 0.469 e. The molecular formula is C29H42O5. The van der Waals surface area contributed by atoms with Crippen molar-refractivity contribution in [2.24, 2.45) is 28.6 Å². The lowest BCUT2D eigenvalue weighted by molar-refractivity contribution is -0.150. The molecule has 0 aromatic heterocycles. The molecule has 0 saturated heterocycles. The van der Waals surface area contributed by atoms with Crippen molar-refractivity contribution >= 4 is 5.97 Å². The zero-order valence-electron chi connectivity index (χ0n) is 21.0. The summed E-state index contributed by atoms with van der Waals surface area (Å²) in [5, 5.41) is 30.9. The van der Waals surface area contributed by atoms with Crippen LogP contribution in [0.5, 0.6) is 0 Å². The number of carbonyl (C=O) groups excluding carboxylic acids is 1. The van der Waals surface area contributed by atoms with E-state index in [1.54, 1.807) is 0 Å². The maximum absolute atomic E-state index is 12.1. The Balaban J connectivity index is 1.47. The molecule has 0 spiro atoms. The molecule has 4 aliphatic carbocycles. The third kappa shape index (κ3) is 4.59. The minimum absolute atomic E-state index is 0.208. The molecule has 3 N–H and O–H groups in total. The minimum Gasteiger partial charge on any atom is -0.469 e. The van der Waals surface area contributed by atoms with Gasteiger partial charge in [-0.3, -0.25) is 4.79 Å². The molecule has 0 amide bonds. The summed E-state index contributed by atoms with van der Waals surface area (Å²) < 4.78 is 4.91. The van der Waals surface area contributed by atoms with Gasteiger partial charge in [-0.15, -0.1) is 0 Å². The first kappa shape index (κ1) is 25.4. The summed E-state index contributed by atoms with van der Waals surface area (Å²) in [6.07, 6.45) is 14.4. The summed E-state index contributed by atoms with van der Waals surface area (Å²) in [4.78, 5) is 12.1. The summed E-state index contributed by atoms with van der Waals surface area (Å²) in [6, 6.07) is 0. The van der Waals surface area contributed by atoms with Crippen molar-refractivity contribution in [2.75, 3.05) is 7.11 Å². The number of ether oxygens (including phenoxy) is 1. The van der Waals surface area contributed by atoms with E-state index >= 15 is 0 Å². The van der Waals surface area contributed by atoms with Gasteiger partial charge in [-0.25, -0.2) is 0 Å². The Morgan fingerprint density at radius 3 is 2.59 bits per heavy atom. The van der Waals surface area contributed by atoms with E-state index in [0.717, 1.165) is 36.8 Å². The molecule has 0 bridgehead atoms. The zero-order valence-corrected chi connectivity index (χ0v) is 21.0. The van der Waals surface area contributed by atoms with Crippen LogP contribution in [0.3, 0.4) is 0 Å². The summed E-state index contributed by atoms with van der Waals surface area (Å²) in [6.45, 7) is 8.72. The quantitative estimate of drug-likeness (QED) is 0.389. The number of fused-ring (bicyclic) bond motifs is 1. The van der Waals surface area contributed by atoms with E-state index in [0.29, 0.717) is 43.4 Å². The molecule has 5 heteroatoms. The van der Waals surface area contributed by atoms with Crippen LogP contribution in [-0.2, 0) is 9.53 Å². The number of rotatable bonds is 6. The molecule has 7 atom stereocenters. The number of methoxy groups -OCH3 is 1. The average Bonchev–Trinajstić information content (AvgIpc) is 3.54. The fourth-order valence-corrected chi connectivity index (χ4v) is 7.17. The molecule has 4 aliphatic rings. The minimum atomic E-state index is -0.782. The van der Waals surface area contributed by atoms with Crippen molar-refractivity contribution in [2.45, 2.75) is 89.9 Å². The predicted octanol–water partition coefficient (Wildman–Crippen LogP) is 4.63. The van der Waals surface area contributed by atoms with Crippen LogP contribution in [0, 0.1) is 28.6 Å². The Kier molecular flexibility index (Phi) is 7.29. The van der Waals surface area contributed by atoms with Gasteiger partial charge in [-0.05, 0) is 85.7 Å². The Hall–Kier alpha value is -1.69. The topological polar surface area (TPSA) is 87.0 Å². The molecule has 5 unspecified atom stereocenters. The fraction of sp³-hybridized carbons (Fsp3) is 0.690. The first-order valence-electron chi connectivity index (χ1n) is 13.0. The number of esters is 1. The Morgan fingerprint density at radius 2 is 1.91 bits per heavy atom. The van der Waals surface area contributed by atoms with Crippen LogP contribution in [0.25, 0.3) is 0 Å². The number of carbonyl (C=O) groups is 1. The summed E-state index contributed by atoms with van der Waals surface area (Å²) in [5.74, 6) is 1.07. The number of hydrogen-bond donors (Lipinski definition) is 3. The van der Waals surface area contributed by atoms with E-state index in [-0.39, 0.29) is 11.4 Å². The van der Waals surface area contributed by atoms with Crippen LogP contribution in [0.1, 0.15) is 71.6 Å². The van der Waals surface area contributed by atoms with E-state index in [9.17, 15) is 20.1 Å². The molecule has 0 aromatic rings. The van der Waals surface area contributed by atoms with E-state index < -0.39 is 23.7 Å². The second kappa shape index (κ2) is 9.75. The lowest BCUT2D eigenvalue weighted by Crippen LogP contribution is -2.35. The monoisotopic (exact) mass is 470 g/mol. The highest BCUT2D eigenvalue weighted by Crippen LogP contribution is 2.59. The maximum atomic E-state index is 12.1. The van der Waals surface area contributed by atoms with Gasteiger partial charge in [0.05, 0.1) is 30.8 Å². The van der Waals surface area contributed by atoms with Crippen LogP contribution in [0.4, 0.5) is 0 Å². The van der Waals surface area contributed by atoms with Crippen LogP contribution < -0.4 is 0 Å². The van der Waals surface area contributed by atoms with E-state index in [2.05, 4.69) is 38.7 Å². The molecule has 188 valence electrons. The molecule has 34 heavy (non-hydrogen) atoms. The van der Waals surface area contributed by atoms with Gasteiger partial charge in [-0.2, -0.15) is 0 Å². The molecule has 0 radical (unpaired) electrons. The van der Waals surface area contributed by atoms with Gasteiger partial charge in [0.25, 0.3) is 0 Å². The molecule has 5 nitrogen and oxygen atoms in total. The molecular weight excluding hydrogens is 428 g/mol. The van der Waals surface area contributed by atoms with Crippen molar-refractivity contribution in [1.29, 1.82) is 0 Å². The zero-order chi connectivity index (χ0) is 24.7. The van der Waals surface area contributed by atoms with Crippen molar-refractivity contribution in [3.8, 4) is 0 Å². The number of aliphatic hydroxyl groups excluding tert-OH is 3. The van der Waals surface area contributed by atoms with Crippen LogP contribution in [-0.4, -0.2) is 46.7 Å². The van der Waals surface area contributed by atoms with Crippen LogP contribution in [0.2, 0.25) is 0 Å². The predicted molar refractivity (Wildman–Crippen MR) is 133 cm³/mol. The lowest BCUT2D eigenvalue weighted by Gasteiger charge is -2.44. The second-order valence-electron chi connectivity index (χ2n) is 11.5. The second-order valence-corrected chi connectivity index (χ2v) is 11.5. The third-order valence-electron chi connectivity index (χ3n) is 9.48. The first-order chi connectivity index (χ1) is 16.1. The Bertz CT molecular complexity index is 894. The van der Waals surface area contributed by atoms with Crippen molar-refractivity contribution in [1.82, 2.24) is 0 Å². The average molecular weight is 471 g/mol. The smallest absolute Gasteiger partial charge is 0.314 e. The van der Waals surface area contributed by atoms with E-state index in [1.165, 1.54) is 19.1 Å². The number of allylic oxidation sites excluding steroid dienone is 4. The van der Waals surface area contributed by atoms with E-state index in [4.69, 9.17) is 4.74 Å². The summed E-state index contributed by atoms with van der Waals surface area (Å²) in [7, 11) is 1.39. The van der Waals surface area contributed by atoms with Crippen molar-refractivity contribution < 1.29 is 24.9 Å². The lowest BCUT2D eigenvalue weighted by atomic mass is 9.61. The highest BCUT2D eigenvalue weighted by molar-refractivity contribution is 5.80. The molecule has 4 fully saturated rings. The third-order valence-corrected chi connectivity index (χ3v) is 9.48. The van der Waals surface area contributed by atoms with Gasteiger partial charge in [0.15, 0.2) is 0 Å². The van der Waals surface area contributed by atoms with Crippen molar-refractivity contribution in [3.05, 3.63) is 47.6 Å². The molecule has 4 saturated carbocycles. The number of aliphatic hydroxyl groups is 3. The summed E-state index contributed by atoms with van der Waals surface area (Å²) in [5.41, 5.74) is 2.66. The maximum Gasteiger partial charge on any atom is 0.314 e. The first-order valence-corrected chi connectivity index (χ1v) is 13.0. The number of hydrogen-bond acceptors (Lipinski definition) is 5. The normalized spacial score (nSPS) is 39.3. The van der Waals surface area contributed by atoms with Gasteiger partial charge in [0.1, 0.15) is 0 Å². The SMILES string of the molecule is C=C1C(=CC=C2CCC[C@@]3(C)C2CCC3[C@H](C)C=CC(O)C2(C(=O)OC)CC2)CC(O)CC1O. The highest BCUT2D eigenvalue weighted by atomic mass is 16.5. The van der Waals surface area contributed by atoms with E-state index in [1.807, 2.05) is 6.08 Å². The summed E-state index contributed by atoms with van der Waals surface area (Å²) >= 11 is 0. The standard InChI is InChI=1S/C29H42O5/c1-18(7-12-26(32)29(14-15-29)27(33)34-4)23-10-11-24-20(6-5-13-28(23,24)3)8-9-21-16-22(30)17-25(31)19(21)2/h7-9,12,18,22-26,30-32H,2,5-6,10-11,13-17H2,1,3-4H3/t18-,22?,23?,24?,25?,26?,28-/m1/s1. The van der Waals surface area contributed by atoms with Gasteiger partial charge in [0.2, 0.25) is 0 Å². The Labute approximate surface area is 204 Å². The molecule has 0 aromatic carbocycles. The molecule has 4 rings (SSSR count). The van der Waals surface area contributed by atoms with Crippen molar-refractivity contribution in [3.63, 3.8) is 0 Å². The van der Waals surface area contributed by atoms with Gasteiger partial charge in [-0.1, -0.05) is 50.3 Å². The van der Waals surface area contributed by atoms with Crippen LogP contribution in [0.15, 0.2) is 47.6 Å². The molecule has 0 aliphatic heterocycles. The van der Waals surface area contributed by atoms with Gasteiger partial charge in [0, 0.05) is 6.42 Å². The van der Waals surface area contributed by atoms with Gasteiger partial charge >= 0.3 is 5.97 Å². The van der Waals surface area contributed by atoms with Gasteiger partial charge < -0.3 is 20.1 Å². The van der Waals surface area contributed by atoms with Crippen LogP contribution >= 0.6 is 0 Å². The Morgan fingerprint density at radius 1 is 1.18 bits per heavy atom. The molecule has 0 heterocycles. The highest BCUT2D eigenvalue weighted by Gasteiger charge is 2.56. The fourth-order valence-electron chi connectivity index (χ4n) is 7.17.